The highest BCUT2D eigenvalue weighted by Crippen LogP contribution is 2.50. The van der Waals surface area contributed by atoms with E-state index in [0.717, 1.165) is 27.3 Å². The molecule has 2 saturated heterocycles. The molecule has 0 spiro atoms. The van der Waals surface area contributed by atoms with E-state index >= 15 is 0 Å². The third-order valence-electron chi connectivity index (χ3n) is 8.74. The van der Waals surface area contributed by atoms with Crippen molar-refractivity contribution in [3.8, 4) is 0 Å². The molecule has 7 rings (SSSR count). The molecular weight excluding hydrogens is 558 g/mol. The van der Waals surface area contributed by atoms with Gasteiger partial charge in [-0.15, -0.1) is 0 Å². The van der Waals surface area contributed by atoms with Crippen LogP contribution in [0.3, 0.4) is 0 Å². The van der Waals surface area contributed by atoms with E-state index in [1.807, 2.05) is 102 Å². The number of carbonyl (C=O) groups is 3. The van der Waals surface area contributed by atoms with E-state index in [-0.39, 0.29) is 11.4 Å². The number of hydrogen-bond acceptors (Lipinski definition) is 7. The van der Waals surface area contributed by atoms with Crippen LogP contribution >= 0.6 is 0 Å². The zero-order valence-corrected chi connectivity index (χ0v) is 23.6. The van der Waals surface area contributed by atoms with Crippen LogP contribution in [0.25, 0.3) is 6.08 Å². The lowest BCUT2D eigenvalue weighted by Gasteiger charge is -2.36. The number of aryl methyl sites for hydroxylation is 1. The van der Waals surface area contributed by atoms with Crippen molar-refractivity contribution in [1.29, 1.82) is 0 Å². The molecule has 9 heteroatoms. The molecule has 3 aliphatic rings. The normalized spacial score (nSPS) is 21.7. The molecule has 0 aromatic heterocycles. The molecule has 2 fully saturated rings. The Hall–Kier alpha value is -5.57. The Morgan fingerprint density at radius 3 is 2.09 bits per heavy atom. The Morgan fingerprint density at radius 2 is 1.43 bits per heavy atom. The quantitative estimate of drug-likeness (QED) is 0.125. The number of non-ortho nitro benzene ring substituents is 1. The topological polar surface area (TPSA) is 110 Å². The third-order valence-corrected chi connectivity index (χ3v) is 8.74. The van der Waals surface area contributed by atoms with Gasteiger partial charge in [0.15, 0.2) is 6.10 Å². The molecule has 0 aliphatic carbocycles. The standard InChI is InChI=1S/C35H27N3O6/c1-21-16-18-25(38(42)43)20-28(21)37-33(39)29-27-19-17-22-10-8-9-15-26(22)36(27)31(30(29)34(37)40)35(41)44-32(23-11-4-2-5-12-23)24-13-6-3-7-14-24/h2-20,27,29-32H,1H3/t27-,29+,30+,31+/m1/s1. The molecule has 3 aliphatic heterocycles. The average Bonchev–Trinajstić information content (AvgIpc) is 3.53. The Kier molecular flexibility index (Phi) is 6.58. The summed E-state index contributed by atoms with van der Waals surface area (Å²) >= 11 is 0. The monoisotopic (exact) mass is 585 g/mol. The highest BCUT2D eigenvalue weighted by atomic mass is 16.6. The largest absolute Gasteiger partial charge is 0.451 e. The van der Waals surface area contributed by atoms with Crippen molar-refractivity contribution in [2.45, 2.75) is 25.1 Å². The van der Waals surface area contributed by atoms with Gasteiger partial charge in [0.25, 0.3) is 5.69 Å². The van der Waals surface area contributed by atoms with Crippen LogP contribution in [0, 0.1) is 28.9 Å². The van der Waals surface area contributed by atoms with E-state index in [9.17, 15) is 24.5 Å². The molecule has 0 saturated carbocycles. The minimum atomic E-state index is -1.12. The van der Waals surface area contributed by atoms with Crippen molar-refractivity contribution in [3.63, 3.8) is 0 Å². The number of fused-ring (bicyclic) bond motifs is 5. The van der Waals surface area contributed by atoms with Gasteiger partial charge in [-0.1, -0.05) is 97.1 Å². The van der Waals surface area contributed by atoms with Gasteiger partial charge < -0.3 is 9.64 Å². The maximum Gasteiger partial charge on any atom is 0.330 e. The molecule has 218 valence electrons. The highest BCUT2D eigenvalue weighted by molar-refractivity contribution is 6.25. The van der Waals surface area contributed by atoms with E-state index in [0.29, 0.717) is 5.56 Å². The highest BCUT2D eigenvalue weighted by Gasteiger charge is 2.65. The van der Waals surface area contributed by atoms with E-state index < -0.39 is 52.7 Å². The van der Waals surface area contributed by atoms with Crippen molar-refractivity contribution in [2.24, 2.45) is 11.8 Å². The molecule has 0 unspecified atom stereocenters. The van der Waals surface area contributed by atoms with Crippen molar-refractivity contribution >= 4 is 40.9 Å². The lowest BCUT2D eigenvalue weighted by Crippen LogP contribution is -2.49. The summed E-state index contributed by atoms with van der Waals surface area (Å²) in [6.45, 7) is 1.69. The van der Waals surface area contributed by atoms with E-state index in [2.05, 4.69) is 0 Å². The minimum Gasteiger partial charge on any atom is -0.451 e. The molecule has 9 nitrogen and oxygen atoms in total. The fourth-order valence-corrected chi connectivity index (χ4v) is 6.74. The number of anilines is 2. The number of amides is 2. The van der Waals surface area contributed by atoms with Crippen LogP contribution in [-0.4, -0.2) is 34.8 Å². The van der Waals surface area contributed by atoms with Gasteiger partial charge in [-0.25, -0.2) is 9.69 Å². The molecule has 44 heavy (non-hydrogen) atoms. The Bertz CT molecular complexity index is 1800. The second-order valence-corrected chi connectivity index (χ2v) is 11.2. The third kappa shape index (κ3) is 4.27. The Balaban J connectivity index is 1.33. The van der Waals surface area contributed by atoms with Gasteiger partial charge in [0.2, 0.25) is 11.8 Å². The van der Waals surface area contributed by atoms with Crippen molar-refractivity contribution in [2.75, 3.05) is 9.80 Å². The number of carbonyl (C=O) groups excluding carboxylic acids is 3. The molecule has 0 bridgehead atoms. The molecule has 4 aromatic rings. The molecule has 3 heterocycles. The van der Waals surface area contributed by atoms with E-state index in [1.54, 1.807) is 6.92 Å². The van der Waals surface area contributed by atoms with Crippen molar-refractivity contribution < 1.29 is 24.0 Å². The molecule has 0 radical (unpaired) electrons. The SMILES string of the molecule is Cc1ccc([N+](=O)[O-])cc1N1C(=O)[C@@H]2[C@H](C1=O)[C@@H](C(=O)OC(c1ccccc1)c1ccccc1)N1c3ccccc3C=C[C@H]21. The molecular formula is C35H27N3O6. The molecule has 0 N–H and O–H groups in total. The number of nitrogens with zero attached hydrogens (tertiary/aromatic N) is 3. The van der Waals surface area contributed by atoms with Crippen molar-refractivity contribution in [3.05, 3.63) is 142 Å². The number of nitro benzene ring substituents is 1. The molecule has 4 atom stereocenters. The van der Waals surface area contributed by atoms with Crippen LogP contribution in [0.1, 0.15) is 28.4 Å². The number of rotatable bonds is 6. The van der Waals surface area contributed by atoms with Gasteiger partial charge in [0.1, 0.15) is 6.04 Å². The van der Waals surface area contributed by atoms with Gasteiger partial charge in [-0.3, -0.25) is 19.7 Å². The van der Waals surface area contributed by atoms with Crippen LogP contribution in [0.4, 0.5) is 17.1 Å². The lowest BCUT2D eigenvalue weighted by molar-refractivity contribution is -0.384. The zero-order valence-electron chi connectivity index (χ0n) is 23.6. The first-order valence-electron chi connectivity index (χ1n) is 14.3. The van der Waals surface area contributed by atoms with Gasteiger partial charge in [0, 0.05) is 17.8 Å². The maximum atomic E-state index is 14.5. The van der Waals surface area contributed by atoms with Crippen LogP contribution in [0.2, 0.25) is 0 Å². The Morgan fingerprint density at radius 1 is 0.818 bits per heavy atom. The smallest absolute Gasteiger partial charge is 0.330 e. The summed E-state index contributed by atoms with van der Waals surface area (Å²) in [5.74, 6) is -3.68. The Labute approximate surface area is 253 Å². The first-order valence-corrected chi connectivity index (χ1v) is 14.3. The van der Waals surface area contributed by atoms with Crippen LogP contribution in [0.5, 0.6) is 0 Å². The molecule has 4 aromatic carbocycles. The zero-order chi connectivity index (χ0) is 30.5. The van der Waals surface area contributed by atoms with Crippen LogP contribution in [-0.2, 0) is 19.1 Å². The summed E-state index contributed by atoms with van der Waals surface area (Å²) in [6.07, 6.45) is 3.01. The predicted molar refractivity (Wildman–Crippen MR) is 164 cm³/mol. The van der Waals surface area contributed by atoms with Crippen molar-refractivity contribution in [1.82, 2.24) is 0 Å². The summed E-state index contributed by atoms with van der Waals surface area (Å²) in [7, 11) is 0. The summed E-state index contributed by atoms with van der Waals surface area (Å²) < 4.78 is 6.30. The van der Waals surface area contributed by atoms with E-state index in [1.165, 1.54) is 18.2 Å². The number of ether oxygens (including phenoxy) is 1. The van der Waals surface area contributed by atoms with Gasteiger partial charge in [-0.05, 0) is 35.2 Å². The number of imide groups is 1. The number of para-hydroxylation sites is 1. The second kappa shape index (κ2) is 10.6. The first-order chi connectivity index (χ1) is 21.3. The summed E-state index contributed by atoms with van der Waals surface area (Å²) in [4.78, 5) is 56.8. The molecule has 2 amide bonds. The number of nitro groups is 1. The lowest BCUT2D eigenvalue weighted by atomic mass is 9.88. The number of esters is 1. The summed E-state index contributed by atoms with van der Waals surface area (Å²) in [5.41, 5.74) is 3.56. The van der Waals surface area contributed by atoms with Gasteiger partial charge in [-0.2, -0.15) is 0 Å². The minimum absolute atomic E-state index is 0.147. The van der Waals surface area contributed by atoms with E-state index in [4.69, 9.17) is 4.74 Å². The summed E-state index contributed by atoms with van der Waals surface area (Å²) in [6, 6.07) is 28.6. The number of benzene rings is 4. The predicted octanol–water partition coefficient (Wildman–Crippen LogP) is 5.63. The van der Waals surface area contributed by atoms with Gasteiger partial charge in [0.05, 0.1) is 28.5 Å². The maximum absolute atomic E-state index is 14.5. The summed E-state index contributed by atoms with van der Waals surface area (Å²) in [5, 5.41) is 11.6. The number of hydrogen-bond donors (Lipinski definition) is 0. The van der Waals surface area contributed by atoms with Crippen LogP contribution < -0.4 is 9.80 Å². The fraction of sp³-hybridized carbons (Fsp3) is 0.171. The van der Waals surface area contributed by atoms with Crippen LogP contribution in [0.15, 0.2) is 109 Å². The average molecular weight is 586 g/mol. The second-order valence-electron chi connectivity index (χ2n) is 11.2. The van der Waals surface area contributed by atoms with Gasteiger partial charge >= 0.3 is 5.97 Å². The first kappa shape index (κ1) is 27.3. The fourth-order valence-electron chi connectivity index (χ4n) is 6.74.